The van der Waals surface area contributed by atoms with Crippen LogP contribution in [0.4, 0.5) is 17.6 Å². The zero-order valence-electron chi connectivity index (χ0n) is 21.9. The molecule has 204 valence electrons. The van der Waals surface area contributed by atoms with Crippen LogP contribution in [0.25, 0.3) is 11.1 Å². The van der Waals surface area contributed by atoms with Crippen LogP contribution in [0, 0.1) is 23.3 Å². The Kier molecular flexibility index (Phi) is 9.67. The molecule has 0 heterocycles. The highest BCUT2D eigenvalue weighted by Gasteiger charge is 2.27. The number of benzene rings is 3. The number of rotatable bonds is 11. The van der Waals surface area contributed by atoms with E-state index in [1.165, 1.54) is 18.2 Å². The number of unbranched alkanes of at least 4 members (excludes halogenated alkanes) is 1. The molecule has 7 heteroatoms. The smallest absolute Gasteiger partial charge is 0.201 e. The molecule has 3 aromatic carbocycles. The maximum atomic E-state index is 14.9. The molecule has 3 nitrogen and oxygen atoms in total. The van der Waals surface area contributed by atoms with Crippen LogP contribution in [0.2, 0.25) is 0 Å². The molecule has 0 bridgehead atoms. The number of halogens is 4. The van der Waals surface area contributed by atoms with E-state index in [1.807, 2.05) is 0 Å². The van der Waals surface area contributed by atoms with Crippen molar-refractivity contribution in [2.75, 3.05) is 13.2 Å². The molecule has 0 aliphatic heterocycles. The van der Waals surface area contributed by atoms with Gasteiger partial charge in [-0.15, -0.1) is 0 Å². The predicted octanol–water partition coefficient (Wildman–Crippen LogP) is 8.73. The van der Waals surface area contributed by atoms with Gasteiger partial charge in [-0.2, -0.15) is 8.78 Å². The van der Waals surface area contributed by atoms with E-state index >= 15 is 0 Å². The maximum Gasteiger partial charge on any atom is 0.201 e. The molecule has 0 radical (unpaired) electrons. The molecule has 0 atom stereocenters. The third-order valence-corrected chi connectivity index (χ3v) is 7.05. The average molecular weight is 531 g/mol. The van der Waals surface area contributed by atoms with Crippen LogP contribution < -0.4 is 9.47 Å². The highest BCUT2D eigenvalue weighted by Crippen LogP contribution is 2.38. The van der Waals surface area contributed by atoms with Gasteiger partial charge in [0.25, 0.3) is 0 Å². The first kappa shape index (κ1) is 28.0. The summed E-state index contributed by atoms with van der Waals surface area (Å²) in [6.45, 7) is 4.79. The fourth-order valence-corrected chi connectivity index (χ4v) is 4.87. The molecule has 38 heavy (non-hydrogen) atoms. The normalized spacial score (nSPS) is 17.4. The molecular formula is C31H34F4O3. The van der Waals surface area contributed by atoms with Gasteiger partial charge in [0.1, 0.15) is 6.61 Å². The van der Waals surface area contributed by atoms with Gasteiger partial charge in [-0.1, -0.05) is 43.7 Å². The van der Waals surface area contributed by atoms with Crippen molar-refractivity contribution in [2.24, 2.45) is 0 Å². The van der Waals surface area contributed by atoms with Crippen molar-refractivity contribution >= 4 is 0 Å². The minimum atomic E-state index is -1.04. The Hall–Kier alpha value is -3.06. The van der Waals surface area contributed by atoms with Crippen LogP contribution in [0.5, 0.6) is 11.5 Å². The van der Waals surface area contributed by atoms with E-state index in [0.717, 1.165) is 45.1 Å². The molecule has 0 saturated heterocycles. The summed E-state index contributed by atoms with van der Waals surface area (Å²) in [7, 11) is 0. The molecule has 1 aliphatic rings. The topological polar surface area (TPSA) is 27.7 Å². The number of hydrogen-bond acceptors (Lipinski definition) is 3. The van der Waals surface area contributed by atoms with Crippen LogP contribution in [-0.2, 0) is 11.3 Å². The summed E-state index contributed by atoms with van der Waals surface area (Å²) in [6, 6.07) is 12.5. The largest absolute Gasteiger partial charge is 0.491 e. The summed E-state index contributed by atoms with van der Waals surface area (Å²) in [5.41, 5.74) is 1.63. The first-order valence-electron chi connectivity index (χ1n) is 13.3. The lowest BCUT2D eigenvalue weighted by molar-refractivity contribution is 0.0230. The van der Waals surface area contributed by atoms with Gasteiger partial charge < -0.3 is 14.2 Å². The van der Waals surface area contributed by atoms with Gasteiger partial charge in [0.2, 0.25) is 11.6 Å². The van der Waals surface area contributed by atoms with E-state index in [1.54, 1.807) is 37.3 Å². The van der Waals surface area contributed by atoms with Crippen LogP contribution in [-0.4, -0.2) is 19.3 Å². The van der Waals surface area contributed by atoms with Gasteiger partial charge in [-0.25, -0.2) is 8.78 Å². The molecule has 0 aromatic heterocycles. The van der Waals surface area contributed by atoms with Crippen LogP contribution in [0.15, 0.2) is 48.5 Å². The first-order valence-corrected chi connectivity index (χ1v) is 13.3. The molecule has 3 aromatic rings. The van der Waals surface area contributed by atoms with Crippen molar-refractivity contribution in [1.82, 2.24) is 0 Å². The Morgan fingerprint density at radius 2 is 1.37 bits per heavy atom. The van der Waals surface area contributed by atoms with E-state index in [9.17, 15) is 17.6 Å². The average Bonchev–Trinajstić information content (AvgIpc) is 2.93. The monoisotopic (exact) mass is 530 g/mol. The van der Waals surface area contributed by atoms with E-state index in [-0.39, 0.29) is 42.3 Å². The molecule has 1 saturated carbocycles. The minimum absolute atomic E-state index is 0.00366. The van der Waals surface area contributed by atoms with Crippen molar-refractivity contribution in [3.05, 3.63) is 82.9 Å². The lowest BCUT2D eigenvalue weighted by Crippen LogP contribution is -2.22. The van der Waals surface area contributed by atoms with Crippen molar-refractivity contribution < 1.29 is 31.8 Å². The van der Waals surface area contributed by atoms with Crippen molar-refractivity contribution in [3.8, 4) is 22.6 Å². The molecule has 0 unspecified atom stereocenters. The SMILES string of the molecule is CCCCOC1CCC(c2ccc(OCc3ccc(-c4ccc(OCC)c(F)c4F)cc3)c(F)c2F)CC1. The molecule has 0 amide bonds. The number of hydrogen-bond donors (Lipinski definition) is 0. The Bertz CT molecular complexity index is 1200. The maximum absolute atomic E-state index is 14.9. The highest BCUT2D eigenvalue weighted by atomic mass is 19.2. The Morgan fingerprint density at radius 1 is 0.711 bits per heavy atom. The fourth-order valence-electron chi connectivity index (χ4n) is 4.87. The lowest BCUT2D eigenvalue weighted by atomic mass is 9.82. The van der Waals surface area contributed by atoms with E-state index in [0.29, 0.717) is 16.7 Å². The zero-order valence-corrected chi connectivity index (χ0v) is 21.9. The van der Waals surface area contributed by atoms with Crippen molar-refractivity contribution in [2.45, 2.75) is 71.0 Å². The number of ether oxygens (including phenoxy) is 3. The van der Waals surface area contributed by atoms with E-state index < -0.39 is 23.3 Å². The first-order chi connectivity index (χ1) is 18.4. The van der Waals surface area contributed by atoms with E-state index in [4.69, 9.17) is 14.2 Å². The second-order valence-electron chi connectivity index (χ2n) is 9.64. The molecule has 0 spiro atoms. The lowest BCUT2D eigenvalue weighted by Gasteiger charge is -2.29. The summed E-state index contributed by atoms with van der Waals surface area (Å²) in [5, 5.41) is 0. The van der Waals surface area contributed by atoms with Crippen molar-refractivity contribution in [3.63, 3.8) is 0 Å². The standard InChI is InChI=1S/C31H34F4O3/c1-3-5-18-37-23-12-10-22(11-13-23)25-15-17-27(31(35)29(25)33)38-19-20-6-8-21(9-7-20)24-14-16-26(36-4-2)30(34)28(24)32/h6-9,14-17,22-23H,3-5,10-13,18-19H2,1-2H3. The summed E-state index contributed by atoms with van der Waals surface area (Å²) in [6.07, 6.45) is 5.53. The van der Waals surface area contributed by atoms with Crippen molar-refractivity contribution in [1.29, 1.82) is 0 Å². The highest BCUT2D eigenvalue weighted by molar-refractivity contribution is 5.65. The molecular weight excluding hydrogens is 496 g/mol. The minimum Gasteiger partial charge on any atom is -0.491 e. The Morgan fingerprint density at radius 3 is 2.05 bits per heavy atom. The molecule has 4 rings (SSSR count). The third kappa shape index (κ3) is 6.49. The third-order valence-electron chi connectivity index (χ3n) is 7.05. The second-order valence-corrected chi connectivity index (χ2v) is 9.64. The van der Waals surface area contributed by atoms with E-state index in [2.05, 4.69) is 6.92 Å². The summed E-state index contributed by atoms with van der Waals surface area (Å²) in [5.74, 6) is -4.21. The summed E-state index contributed by atoms with van der Waals surface area (Å²) < 4.78 is 75.1. The van der Waals surface area contributed by atoms with Crippen LogP contribution >= 0.6 is 0 Å². The molecule has 1 aliphatic carbocycles. The van der Waals surface area contributed by atoms with Crippen LogP contribution in [0.3, 0.4) is 0 Å². The van der Waals surface area contributed by atoms with Crippen LogP contribution in [0.1, 0.15) is 69.4 Å². The van der Waals surface area contributed by atoms with Gasteiger partial charge in [-0.3, -0.25) is 0 Å². The molecule has 1 fully saturated rings. The zero-order chi connectivity index (χ0) is 27.1. The fraction of sp³-hybridized carbons (Fsp3) is 0.419. The molecule has 0 N–H and O–H groups in total. The van der Waals surface area contributed by atoms with Gasteiger partial charge in [0.05, 0.1) is 12.7 Å². The summed E-state index contributed by atoms with van der Waals surface area (Å²) >= 11 is 0. The summed E-state index contributed by atoms with van der Waals surface area (Å²) in [4.78, 5) is 0. The van der Waals surface area contributed by atoms with Gasteiger partial charge in [0, 0.05) is 12.2 Å². The Labute approximate surface area is 221 Å². The quantitative estimate of drug-likeness (QED) is 0.183. The van der Waals surface area contributed by atoms with Gasteiger partial charge in [0.15, 0.2) is 23.1 Å². The predicted molar refractivity (Wildman–Crippen MR) is 140 cm³/mol. The Balaban J connectivity index is 1.36. The van der Waals surface area contributed by atoms with Gasteiger partial charge in [-0.05, 0) is 79.8 Å². The van der Waals surface area contributed by atoms with Gasteiger partial charge >= 0.3 is 0 Å². The second kappa shape index (κ2) is 13.1.